The van der Waals surface area contributed by atoms with Gasteiger partial charge in [-0.1, -0.05) is 62.3 Å². The number of aromatic nitrogens is 2. The Bertz CT molecular complexity index is 1550. The zero-order chi connectivity index (χ0) is 31.4. The maximum absolute atomic E-state index is 11.7. The van der Waals surface area contributed by atoms with Gasteiger partial charge in [-0.15, -0.1) is 57.6 Å². The number of rotatable bonds is 9. The first-order valence-electron chi connectivity index (χ1n) is 15.4. The van der Waals surface area contributed by atoms with Gasteiger partial charge in [-0.3, -0.25) is 4.79 Å². The predicted molar refractivity (Wildman–Crippen MR) is 183 cm³/mol. The molecule has 0 fully saturated rings. The Morgan fingerprint density at radius 3 is 2.07 bits per heavy atom. The normalized spacial score (nSPS) is 12.2. The van der Waals surface area contributed by atoms with E-state index in [2.05, 4.69) is 76.9 Å². The van der Waals surface area contributed by atoms with Crippen molar-refractivity contribution in [1.82, 2.24) is 10.2 Å². The number of nitrogens with zero attached hydrogens (tertiary/aromatic N) is 2. The summed E-state index contributed by atoms with van der Waals surface area (Å²) < 4.78 is 2.64. The Hall–Kier alpha value is -1.92. The zero-order valence-electron chi connectivity index (χ0n) is 27.8. The van der Waals surface area contributed by atoms with Crippen molar-refractivity contribution in [2.45, 2.75) is 108 Å². The van der Waals surface area contributed by atoms with Crippen molar-refractivity contribution in [3.05, 3.63) is 57.3 Å². The van der Waals surface area contributed by atoms with E-state index in [1.165, 1.54) is 41.6 Å². The molecule has 0 unspecified atom stereocenters. The molecule has 7 heteroatoms. The molecule has 1 aromatic carbocycles. The van der Waals surface area contributed by atoms with Crippen LogP contribution in [-0.4, -0.2) is 21.1 Å². The monoisotopic (exact) mass is 798 g/mol. The van der Waals surface area contributed by atoms with Crippen molar-refractivity contribution in [3.63, 3.8) is 0 Å². The Labute approximate surface area is 280 Å². The van der Waals surface area contributed by atoms with Crippen molar-refractivity contribution in [1.29, 1.82) is 0 Å². The molecule has 1 N–H and O–H groups in total. The van der Waals surface area contributed by atoms with Crippen LogP contribution in [-0.2, 0) is 31.3 Å². The minimum atomic E-state index is 0. The molecule has 0 saturated carbocycles. The molecule has 0 aliphatic heterocycles. The smallest absolute Gasteiger partial charge is 0.162 e. The van der Waals surface area contributed by atoms with Crippen molar-refractivity contribution < 1.29 is 30.0 Å². The molecule has 0 spiro atoms. The van der Waals surface area contributed by atoms with Crippen LogP contribution in [0.3, 0.4) is 0 Å². The molecule has 0 amide bonds. The maximum Gasteiger partial charge on any atom is 0.162 e. The third-order valence-electron chi connectivity index (χ3n) is 7.94. The van der Waals surface area contributed by atoms with E-state index in [4.69, 9.17) is 0 Å². The molecule has 0 bridgehead atoms. The summed E-state index contributed by atoms with van der Waals surface area (Å²) in [5.74, 6) is 0.547. The molecule has 3 aromatic heterocycles. The van der Waals surface area contributed by atoms with Crippen LogP contribution in [0, 0.1) is 51.0 Å². The second kappa shape index (κ2) is 15.9. The number of thiophene rings is 2. The van der Waals surface area contributed by atoms with E-state index in [0.29, 0.717) is 5.41 Å². The van der Waals surface area contributed by atoms with E-state index >= 15 is 0 Å². The van der Waals surface area contributed by atoms with E-state index in [1.807, 2.05) is 50.4 Å². The van der Waals surface area contributed by atoms with Gasteiger partial charge >= 0.3 is 0 Å². The molecule has 0 atom stereocenters. The van der Waals surface area contributed by atoms with Gasteiger partial charge in [-0.05, 0) is 56.9 Å². The van der Waals surface area contributed by atoms with Gasteiger partial charge < -0.3 is 5.11 Å². The number of fused-ring (bicyclic) bond motifs is 3. The molecule has 43 heavy (non-hydrogen) atoms. The fourth-order valence-electron chi connectivity index (χ4n) is 5.51. The maximum atomic E-state index is 11.7. The van der Waals surface area contributed by atoms with Crippen LogP contribution in [0.15, 0.2) is 24.0 Å². The van der Waals surface area contributed by atoms with Gasteiger partial charge in [0.1, 0.15) is 0 Å². The molecule has 237 valence electrons. The average molecular weight is 798 g/mol. The number of hydrogen-bond acceptors (Lipinski definition) is 6. The summed E-state index contributed by atoms with van der Waals surface area (Å²) in [5.41, 5.74) is 7.12. The van der Waals surface area contributed by atoms with Gasteiger partial charge in [0.15, 0.2) is 5.78 Å². The molecule has 4 rings (SSSR count). The summed E-state index contributed by atoms with van der Waals surface area (Å²) >= 11 is 3.81. The minimum absolute atomic E-state index is 0. The molecule has 4 nitrogen and oxygen atoms in total. The van der Waals surface area contributed by atoms with Crippen LogP contribution < -0.4 is 0 Å². The van der Waals surface area contributed by atoms with Crippen molar-refractivity contribution in [2.24, 2.45) is 17.3 Å². The van der Waals surface area contributed by atoms with Crippen LogP contribution in [0.1, 0.15) is 101 Å². The number of aliphatic hydroxyl groups excluding tert-OH is 1. The molecule has 0 aliphatic rings. The van der Waals surface area contributed by atoms with Gasteiger partial charge in [0.05, 0.1) is 15.5 Å². The van der Waals surface area contributed by atoms with Crippen LogP contribution in [0.5, 0.6) is 0 Å². The first-order chi connectivity index (χ1) is 19.7. The van der Waals surface area contributed by atoms with Gasteiger partial charge in [0.25, 0.3) is 0 Å². The fourth-order valence-corrected chi connectivity index (χ4v) is 8.71. The quantitative estimate of drug-likeness (QED) is 0.104. The number of carbonyl (C=O) groups excluding carboxylic acids is 1. The van der Waals surface area contributed by atoms with Crippen LogP contribution in [0.4, 0.5) is 0 Å². The first-order valence-corrected chi connectivity index (χ1v) is 17.0. The largest absolute Gasteiger partial charge is 0.512 e. The Balaban J connectivity index is 0.000000348. The summed E-state index contributed by atoms with van der Waals surface area (Å²) in [5, 5.41) is 21.5. The molecule has 1 radical (unpaired) electrons. The molecule has 4 aromatic rings. The van der Waals surface area contributed by atoms with E-state index in [0.717, 1.165) is 54.6 Å². The molecule has 3 heterocycles. The summed E-state index contributed by atoms with van der Waals surface area (Å²) in [7, 11) is 0. The third-order valence-corrected chi connectivity index (χ3v) is 10.5. The van der Waals surface area contributed by atoms with Crippen LogP contribution >= 0.6 is 22.7 Å². The first kappa shape index (κ1) is 37.3. The molecule has 0 aliphatic carbocycles. The Morgan fingerprint density at radius 1 is 0.930 bits per heavy atom. The van der Waals surface area contributed by atoms with Crippen LogP contribution in [0.25, 0.3) is 30.7 Å². The third kappa shape index (κ3) is 9.06. The Kier molecular flexibility index (Phi) is 13.8. The van der Waals surface area contributed by atoms with Crippen molar-refractivity contribution >= 4 is 47.9 Å². The molecular weight excluding hydrogens is 749 g/mol. The van der Waals surface area contributed by atoms with E-state index in [-0.39, 0.29) is 43.5 Å². The topological polar surface area (TPSA) is 63.1 Å². The van der Waals surface area contributed by atoms with E-state index in [1.54, 1.807) is 0 Å². The summed E-state index contributed by atoms with van der Waals surface area (Å²) in [6.45, 7) is 23.6. The van der Waals surface area contributed by atoms with Gasteiger partial charge in [-0.2, -0.15) is 10.2 Å². The standard InChI is InChI=1S/C23H25N2S2.C13H24O2.Ir/c1-12-8-13(2)10-16(9-12)20-21-19(15(4)24-25-20)18-14(3)17(11-23(5,6)7)26-22(18)27-21;1-5-10(6-2)12(14)9-13(15)11(7-3)8-4;/h8-9H,11H2,1-7H3;9-11,14H,5-8H2,1-4H3;/q-1;;/b;12-9-;. The van der Waals surface area contributed by atoms with Crippen LogP contribution in [0.2, 0.25) is 0 Å². The van der Waals surface area contributed by atoms with E-state index in [9.17, 15) is 9.90 Å². The minimum Gasteiger partial charge on any atom is -0.512 e. The number of ketones is 1. The van der Waals surface area contributed by atoms with Crippen molar-refractivity contribution in [2.75, 3.05) is 0 Å². The SMILES string of the molecule is CCC(CC)C(=O)/C=C(\O)C(CC)CC.Cc1[c-]c(-c2nnc(C)c3c2sc2sc(CC(C)(C)C)c(C)c23)cc(C)c1.[Ir]. The second-order valence-corrected chi connectivity index (χ2v) is 15.1. The number of aryl methyl sites for hydroxylation is 4. The predicted octanol–water partition coefficient (Wildman–Crippen LogP) is 11.1. The van der Waals surface area contributed by atoms with Gasteiger partial charge in [0.2, 0.25) is 0 Å². The van der Waals surface area contributed by atoms with E-state index < -0.39 is 0 Å². The molecular formula is C36H49IrN2O2S2-. The van der Waals surface area contributed by atoms with Gasteiger partial charge in [-0.25, -0.2) is 0 Å². The average Bonchev–Trinajstić information content (AvgIpc) is 3.41. The molecule has 0 saturated heterocycles. The number of benzene rings is 1. The van der Waals surface area contributed by atoms with Crippen molar-refractivity contribution in [3.8, 4) is 11.3 Å². The van der Waals surface area contributed by atoms with Gasteiger partial charge in [0, 0.05) is 64.1 Å². The fraction of sp³-hybridized carbons (Fsp3) is 0.528. The number of allylic oxidation sites excluding steroid dienone is 2. The second-order valence-electron chi connectivity index (χ2n) is 12.7. The number of hydrogen-bond donors (Lipinski definition) is 1. The zero-order valence-corrected chi connectivity index (χ0v) is 31.9. The summed E-state index contributed by atoms with van der Waals surface area (Å²) in [6, 6.07) is 7.79. The summed E-state index contributed by atoms with van der Waals surface area (Å²) in [4.78, 5) is 13.2. The number of carbonyl (C=O) groups is 1. The summed E-state index contributed by atoms with van der Waals surface area (Å²) in [6.07, 6.45) is 6.02. The number of aliphatic hydroxyl groups is 1. The Morgan fingerprint density at radius 2 is 1.53 bits per heavy atom.